The third-order valence-electron chi connectivity index (χ3n) is 0.637. The number of hydrogen-bond donors (Lipinski definition) is 0. The Morgan fingerprint density at radius 2 is 2.78 bits per heavy atom. The van der Waals surface area contributed by atoms with E-state index in [-0.39, 0.29) is 16.7 Å². The molecule has 1 rings (SSSR count). The summed E-state index contributed by atoms with van der Waals surface area (Å²) in [6.07, 6.45) is -0.841. The van der Waals surface area contributed by atoms with Crippen LogP contribution in [-0.4, -0.2) is 12.0 Å². The lowest BCUT2D eigenvalue weighted by Gasteiger charge is -1.96. The van der Waals surface area contributed by atoms with Crippen molar-refractivity contribution in [2.75, 3.05) is 7.04 Å². The Labute approximate surface area is 70.4 Å². The van der Waals surface area contributed by atoms with Crippen molar-refractivity contribution in [1.29, 1.82) is 0 Å². The first kappa shape index (κ1) is 2.23. The number of aromatic nitrogens is 1. The van der Waals surface area contributed by atoms with E-state index in [0.29, 0.717) is 0 Å². The molecule has 0 atom stereocenters. The van der Waals surface area contributed by atoms with Crippen LogP contribution in [0.4, 0.5) is 0 Å². The number of halogens is 1. The van der Waals surface area contributed by atoms with Crippen LogP contribution in [0.25, 0.3) is 0 Å². The normalized spacial score (nSPS) is 20.1. The zero-order valence-electron chi connectivity index (χ0n) is 10.2. The maximum absolute atomic E-state index is 7.46. The molecule has 1 aromatic rings. The van der Waals surface area contributed by atoms with E-state index >= 15 is 0 Å². The van der Waals surface area contributed by atoms with Gasteiger partial charge in [0, 0.05) is 10.6 Å². The molecule has 0 fully saturated rings. The van der Waals surface area contributed by atoms with Crippen LogP contribution in [0.5, 0.6) is 5.75 Å². The third kappa shape index (κ3) is 1.68. The summed E-state index contributed by atoms with van der Waals surface area (Å²) in [4.78, 5) is 3.41. The van der Waals surface area contributed by atoms with Gasteiger partial charge in [-0.15, -0.1) is 0 Å². The first-order valence-electron chi connectivity index (χ1n) is 5.04. The lowest BCUT2D eigenvalue weighted by atomic mass is 10.5. The molecule has 1 aromatic heterocycles. The second-order valence-corrected chi connectivity index (χ2v) is 2.00. The molecular formula is C6H6BrNO. The molecule has 0 aliphatic heterocycles. The average molecular weight is 194 g/mol. The van der Waals surface area contributed by atoms with E-state index in [4.69, 9.17) is 8.22 Å². The predicted molar refractivity (Wildman–Crippen MR) is 38.5 cm³/mol. The van der Waals surface area contributed by atoms with Crippen LogP contribution in [0.3, 0.4) is 0 Å². The molecule has 0 radical (unpaired) electrons. The SMILES string of the molecule is [2H]c1nc([2H])c(OC([2H])([2H])[2H])c([2H])c1Br. The molecule has 9 heavy (non-hydrogen) atoms. The highest BCUT2D eigenvalue weighted by Crippen LogP contribution is 2.14. The fourth-order valence-corrected chi connectivity index (χ4v) is 0.600. The van der Waals surface area contributed by atoms with Crippen molar-refractivity contribution >= 4 is 15.9 Å². The molecule has 0 N–H and O–H groups in total. The van der Waals surface area contributed by atoms with E-state index in [1.807, 2.05) is 0 Å². The maximum atomic E-state index is 7.46. The highest BCUT2D eigenvalue weighted by Gasteiger charge is 1.89. The van der Waals surface area contributed by atoms with Gasteiger partial charge in [-0.2, -0.15) is 0 Å². The van der Waals surface area contributed by atoms with Crippen molar-refractivity contribution in [3.63, 3.8) is 0 Å². The smallest absolute Gasteiger partial charge is 0.138 e. The van der Waals surface area contributed by atoms with Gasteiger partial charge in [-0.25, -0.2) is 0 Å². The number of rotatable bonds is 1. The predicted octanol–water partition coefficient (Wildman–Crippen LogP) is 1.85. The molecule has 0 saturated carbocycles. The summed E-state index contributed by atoms with van der Waals surface area (Å²) >= 11 is 2.89. The van der Waals surface area contributed by atoms with Gasteiger partial charge in [0.2, 0.25) is 0 Å². The first-order valence-corrected chi connectivity index (χ1v) is 2.84. The molecule has 0 saturated heterocycles. The van der Waals surface area contributed by atoms with Crippen LogP contribution in [-0.2, 0) is 0 Å². The minimum atomic E-state index is -2.74. The van der Waals surface area contributed by atoms with Gasteiger partial charge in [-0.05, 0) is 22.0 Å². The summed E-state index contributed by atoms with van der Waals surface area (Å²) in [6, 6.07) is -0.365. The molecule has 2 nitrogen and oxygen atoms in total. The van der Waals surface area contributed by atoms with Crippen LogP contribution in [0.15, 0.2) is 22.9 Å². The standard InChI is InChI=1S/C6H6BrNO/c1-9-6-2-5(7)3-8-4-6/h2-4H,1H3/i1D3,2D,3D,4D. The molecule has 0 aliphatic rings. The largest absolute Gasteiger partial charge is 0.495 e. The van der Waals surface area contributed by atoms with Crippen molar-refractivity contribution in [2.45, 2.75) is 0 Å². The van der Waals surface area contributed by atoms with Gasteiger partial charge >= 0.3 is 0 Å². The number of hydrogen-bond acceptors (Lipinski definition) is 2. The highest BCUT2D eigenvalue weighted by molar-refractivity contribution is 9.10. The second-order valence-electron chi connectivity index (χ2n) is 1.21. The third-order valence-corrected chi connectivity index (χ3v) is 1.01. The molecule has 0 spiro atoms. The van der Waals surface area contributed by atoms with E-state index in [1.54, 1.807) is 0 Å². The van der Waals surface area contributed by atoms with Gasteiger partial charge in [0.25, 0.3) is 0 Å². The minimum Gasteiger partial charge on any atom is -0.495 e. The lowest BCUT2D eigenvalue weighted by molar-refractivity contribution is 0.412. The van der Waals surface area contributed by atoms with Gasteiger partial charge in [0.1, 0.15) is 5.75 Å². The number of nitrogens with zero attached hydrogens (tertiary/aromatic N) is 1. The van der Waals surface area contributed by atoms with Gasteiger partial charge in [0.05, 0.1) is 21.4 Å². The molecule has 0 amide bonds. The minimum absolute atomic E-state index is 0.00208. The Morgan fingerprint density at radius 1 is 1.89 bits per heavy atom. The molecule has 1 heterocycles. The topological polar surface area (TPSA) is 22.1 Å². The highest BCUT2D eigenvalue weighted by atomic mass is 79.9. The molecule has 0 aromatic carbocycles. The van der Waals surface area contributed by atoms with Crippen molar-refractivity contribution in [1.82, 2.24) is 4.98 Å². The summed E-state index contributed by atoms with van der Waals surface area (Å²) in [5.74, 6) is -0.460. The van der Waals surface area contributed by atoms with E-state index < -0.39 is 19.0 Å². The Morgan fingerprint density at radius 3 is 3.56 bits per heavy atom. The quantitative estimate of drug-likeness (QED) is 0.680. The Kier molecular flexibility index (Phi) is 0.701. The summed E-state index contributed by atoms with van der Waals surface area (Å²) in [5.41, 5.74) is 0. The van der Waals surface area contributed by atoms with Crippen molar-refractivity contribution in [2.24, 2.45) is 0 Å². The molecule has 48 valence electrons. The van der Waals surface area contributed by atoms with Gasteiger partial charge in [0.15, 0.2) is 0 Å². The van der Waals surface area contributed by atoms with Gasteiger partial charge in [-0.1, -0.05) is 0 Å². The first-order chi connectivity index (χ1) is 6.72. The summed E-state index contributed by atoms with van der Waals surface area (Å²) in [7, 11) is -2.74. The molecular weight excluding hydrogens is 182 g/mol. The molecule has 3 heteroatoms. The van der Waals surface area contributed by atoms with Crippen LogP contribution < -0.4 is 4.74 Å². The van der Waals surface area contributed by atoms with E-state index in [0.717, 1.165) is 0 Å². The van der Waals surface area contributed by atoms with Crippen molar-refractivity contribution < 1.29 is 13.0 Å². The summed E-state index contributed by atoms with van der Waals surface area (Å²) < 4.78 is 46.9. The Balaban J connectivity index is 3.24. The van der Waals surface area contributed by atoms with E-state index in [2.05, 4.69) is 25.7 Å². The zero-order valence-corrected chi connectivity index (χ0v) is 5.82. The van der Waals surface area contributed by atoms with Crippen molar-refractivity contribution in [3.05, 3.63) is 22.9 Å². The van der Waals surface area contributed by atoms with E-state index in [9.17, 15) is 0 Å². The number of pyridine rings is 1. The lowest BCUT2D eigenvalue weighted by Crippen LogP contribution is -1.82. The fourth-order valence-electron chi connectivity index (χ4n) is 0.332. The van der Waals surface area contributed by atoms with E-state index in [1.165, 1.54) is 0 Å². The Hall–Kier alpha value is -0.570. The van der Waals surface area contributed by atoms with Crippen LogP contribution in [0.2, 0.25) is 0 Å². The molecule has 0 aliphatic carbocycles. The average Bonchev–Trinajstić information content (AvgIpc) is 2.07. The molecule has 0 bridgehead atoms. The summed E-state index contributed by atoms with van der Waals surface area (Å²) in [5, 5.41) is 0. The number of methoxy groups -OCH3 is 1. The number of ether oxygens (including phenoxy) is 1. The van der Waals surface area contributed by atoms with Gasteiger partial charge < -0.3 is 4.74 Å². The van der Waals surface area contributed by atoms with Crippen LogP contribution in [0.1, 0.15) is 8.22 Å². The van der Waals surface area contributed by atoms with Crippen LogP contribution >= 0.6 is 15.9 Å². The van der Waals surface area contributed by atoms with Crippen molar-refractivity contribution in [3.8, 4) is 5.75 Å². The zero-order chi connectivity index (χ0) is 11.8. The summed E-state index contributed by atoms with van der Waals surface area (Å²) in [6.45, 7) is 0. The fraction of sp³-hybridized carbons (Fsp3) is 0.167. The van der Waals surface area contributed by atoms with Gasteiger partial charge in [-0.3, -0.25) is 4.98 Å². The molecule has 0 unspecified atom stereocenters. The second kappa shape index (κ2) is 2.82. The maximum Gasteiger partial charge on any atom is 0.138 e. The monoisotopic (exact) mass is 193 g/mol. The van der Waals surface area contributed by atoms with Crippen LogP contribution in [0, 0.1) is 0 Å². The Bertz CT molecular complexity index is 392.